The molecule has 0 saturated heterocycles. The summed E-state index contributed by atoms with van der Waals surface area (Å²) in [7, 11) is 3.18. The number of carbonyl (C=O) groups is 1. The number of rotatable bonds is 8. The third-order valence-electron chi connectivity index (χ3n) is 3.93. The van der Waals surface area contributed by atoms with Crippen LogP contribution in [0.15, 0.2) is 47.8 Å². The number of benzene rings is 2. The minimum atomic E-state index is -0.477. The molecule has 0 N–H and O–H groups in total. The van der Waals surface area contributed by atoms with Gasteiger partial charge in [0.05, 0.1) is 25.5 Å². The minimum absolute atomic E-state index is 0.0822. The Morgan fingerprint density at radius 1 is 1.04 bits per heavy atom. The fraction of sp³-hybridized carbons (Fsp3) is 0.238. The van der Waals surface area contributed by atoms with Crippen LogP contribution in [0.3, 0.4) is 0 Å². The largest absolute Gasteiger partial charge is 0.496 e. The normalized spacial score (nSPS) is 10.4. The van der Waals surface area contributed by atoms with E-state index < -0.39 is 5.97 Å². The average molecular weight is 399 g/mol. The highest BCUT2D eigenvalue weighted by atomic mass is 32.1. The van der Waals surface area contributed by atoms with Crippen molar-refractivity contribution in [1.29, 1.82) is 0 Å². The maximum atomic E-state index is 12.0. The van der Waals surface area contributed by atoms with Crippen molar-refractivity contribution < 1.29 is 23.7 Å². The first kappa shape index (κ1) is 19.7. The van der Waals surface area contributed by atoms with Gasteiger partial charge in [-0.2, -0.15) is 0 Å². The van der Waals surface area contributed by atoms with E-state index in [0.29, 0.717) is 17.2 Å². The molecule has 2 aromatic carbocycles. The van der Waals surface area contributed by atoms with Crippen LogP contribution >= 0.6 is 11.3 Å². The minimum Gasteiger partial charge on any atom is -0.496 e. The first-order valence-corrected chi connectivity index (χ1v) is 9.49. The molecule has 6 nitrogen and oxygen atoms in total. The number of carbonyl (C=O) groups excluding carboxylic acids is 1. The number of nitrogens with zero attached hydrogens (tertiary/aromatic N) is 1. The van der Waals surface area contributed by atoms with Crippen molar-refractivity contribution in [2.45, 2.75) is 13.5 Å². The van der Waals surface area contributed by atoms with E-state index >= 15 is 0 Å². The van der Waals surface area contributed by atoms with E-state index in [2.05, 4.69) is 4.98 Å². The summed E-state index contributed by atoms with van der Waals surface area (Å²) in [5.74, 6) is 1.35. The van der Waals surface area contributed by atoms with Gasteiger partial charge in [-0.05, 0) is 36.8 Å². The summed E-state index contributed by atoms with van der Waals surface area (Å²) in [6, 6.07) is 13.1. The fourth-order valence-electron chi connectivity index (χ4n) is 2.55. The number of methoxy groups -OCH3 is 2. The predicted octanol–water partition coefficient (Wildman–Crippen LogP) is 4.26. The second-order valence-corrected chi connectivity index (χ2v) is 6.81. The lowest BCUT2D eigenvalue weighted by Crippen LogP contribution is -2.15. The van der Waals surface area contributed by atoms with E-state index in [4.69, 9.17) is 18.9 Å². The molecular weight excluding hydrogens is 378 g/mol. The molecule has 0 fully saturated rings. The van der Waals surface area contributed by atoms with Gasteiger partial charge in [0.1, 0.15) is 17.4 Å². The second kappa shape index (κ2) is 9.23. The highest BCUT2D eigenvalue weighted by molar-refractivity contribution is 7.13. The Morgan fingerprint density at radius 3 is 2.61 bits per heavy atom. The quantitative estimate of drug-likeness (QED) is 0.528. The van der Waals surface area contributed by atoms with Gasteiger partial charge in [-0.3, -0.25) is 0 Å². The molecule has 3 aromatic rings. The van der Waals surface area contributed by atoms with E-state index in [9.17, 15) is 4.79 Å². The zero-order valence-electron chi connectivity index (χ0n) is 15.9. The van der Waals surface area contributed by atoms with Crippen LogP contribution in [0, 0.1) is 6.92 Å². The molecule has 146 valence electrons. The first-order chi connectivity index (χ1) is 13.6. The molecule has 1 heterocycles. The molecule has 0 spiro atoms. The molecule has 28 heavy (non-hydrogen) atoms. The lowest BCUT2D eigenvalue weighted by atomic mass is 10.2. The van der Waals surface area contributed by atoms with E-state index in [0.717, 1.165) is 21.9 Å². The van der Waals surface area contributed by atoms with Crippen LogP contribution in [0.5, 0.6) is 17.2 Å². The molecule has 7 heteroatoms. The Hall–Kier alpha value is -3.06. The van der Waals surface area contributed by atoms with Gasteiger partial charge in [0.15, 0.2) is 18.1 Å². The van der Waals surface area contributed by atoms with Crippen molar-refractivity contribution in [3.8, 4) is 27.8 Å². The molecule has 0 radical (unpaired) electrons. The van der Waals surface area contributed by atoms with Gasteiger partial charge in [-0.15, -0.1) is 11.3 Å². The van der Waals surface area contributed by atoms with Gasteiger partial charge in [0, 0.05) is 5.38 Å². The fourth-order valence-corrected chi connectivity index (χ4v) is 3.38. The lowest BCUT2D eigenvalue weighted by molar-refractivity contribution is -0.147. The van der Waals surface area contributed by atoms with Crippen molar-refractivity contribution >= 4 is 17.3 Å². The van der Waals surface area contributed by atoms with Gasteiger partial charge in [0.25, 0.3) is 0 Å². The zero-order chi connectivity index (χ0) is 19.9. The number of ether oxygens (including phenoxy) is 4. The topological polar surface area (TPSA) is 66.9 Å². The number of esters is 1. The van der Waals surface area contributed by atoms with Gasteiger partial charge in [-0.1, -0.05) is 18.2 Å². The number of hydrogen-bond acceptors (Lipinski definition) is 7. The third-order valence-corrected chi connectivity index (χ3v) is 4.86. The Bertz CT molecular complexity index is 953. The van der Waals surface area contributed by atoms with E-state index in [1.807, 2.05) is 48.7 Å². The smallest absolute Gasteiger partial charge is 0.344 e. The Labute approximate surface area is 167 Å². The summed E-state index contributed by atoms with van der Waals surface area (Å²) in [6.07, 6.45) is 0. The Kier molecular flexibility index (Phi) is 6.49. The van der Waals surface area contributed by atoms with Crippen LogP contribution < -0.4 is 14.2 Å². The molecular formula is C21H21NO5S. The Balaban J connectivity index is 1.55. The van der Waals surface area contributed by atoms with E-state index in [1.165, 1.54) is 11.3 Å². The Morgan fingerprint density at radius 2 is 1.82 bits per heavy atom. The van der Waals surface area contributed by atoms with Crippen LogP contribution in [0.25, 0.3) is 10.6 Å². The number of para-hydroxylation sites is 1. The maximum absolute atomic E-state index is 12.0. The monoisotopic (exact) mass is 399 g/mol. The highest BCUT2D eigenvalue weighted by Gasteiger charge is 2.12. The number of aryl methyl sites for hydroxylation is 1. The van der Waals surface area contributed by atoms with Crippen LogP contribution in [0.1, 0.15) is 11.3 Å². The summed E-state index contributed by atoms with van der Waals surface area (Å²) in [4.78, 5) is 16.5. The molecule has 0 atom stereocenters. The van der Waals surface area contributed by atoms with Crippen LogP contribution in [-0.4, -0.2) is 31.8 Å². The van der Waals surface area contributed by atoms with E-state index in [-0.39, 0.29) is 13.2 Å². The van der Waals surface area contributed by atoms with Gasteiger partial charge < -0.3 is 18.9 Å². The zero-order valence-corrected chi connectivity index (χ0v) is 16.7. The van der Waals surface area contributed by atoms with Crippen molar-refractivity contribution in [2.24, 2.45) is 0 Å². The van der Waals surface area contributed by atoms with E-state index in [1.54, 1.807) is 20.3 Å². The standard InChI is InChI=1S/C21H21NO5S/c1-14-8-9-18(19(10-14)25-3)26-12-20(23)27-11-15-13-28-21(22-15)16-6-4-5-7-17(16)24-2/h4-10,13H,11-12H2,1-3H3. The van der Waals surface area contributed by atoms with Crippen molar-refractivity contribution in [3.63, 3.8) is 0 Å². The van der Waals surface area contributed by atoms with Crippen molar-refractivity contribution in [1.82, 2.24) is 4.98 Å². The summed E-state index contributed by atoms with van der Waals surface area (Å²) in [5.41, 5.74) is 2.62. The van der Waals surface area contributed by atoms with Gasteiger partial charge >= 0.3 is 5.97 Å². The summed E-state index contributed by atoms with van der Waals surface area (Å²) in [6.45, 7) is 1.83. The molecule has 1 aromatic heterocycles. The molecule has 0 amide bonds. The molecule has 0 aliphatic heterocycles. The number of aromatic nitrogens is 1. The van der Waals surface area contributed by atoms with Crippen LogP contribution in [0.4, 0.5) is 0 Å². The summed E-state index contributed by atoms with van der Waals surface area (Å²) in [5, 5.41) is 2.67. The molecule has 0 aliphatic carbocycles. The average Bonchev–Trinajstić information content (AvgIpc) is 3.20. The van der Waals surface area contributed by atoms with Crippen LogP contribution in [-0.2, 0) is 16.1 Å². The molecule has 0 saturated carbocycles. The number of thiazole rings is 1. The maximum Gasteiger partial charge on any atom is 0.344 e. The third kappa shape index (κ3) is 4.80. The van der Waals surface area contributed by atoms with Crippen molar-refractivity contribution in [3.05, 3.63) is 59.1 Å². The first-order valence-electron chi connectivity index (χ1n) is 8.61. The highest BCUT2D eigenvalue weighted by Crippen LogP contribution is 2.32. The molecule has 3 rings (SSSR count). The molecule has 0 bridgehead atoms. The van der Waals surface area contributed by atoms with Gasteiger partial charge in [0.2, 0.25) is 0 Å². The van der Waals surface area contributed by atoms with Crippen LogP contribution in [0.2, 0.25) is 0 Å². The summed E-state index contributed by atoms with van der Waals surface area (Å²) >= 11 is 1.47. The second-order valence-electron chi connectivity index (χ2n) is 5.95. The molecule has 0 unspecified atom stereocenters. The van der Waals surface area contributed by atoms with Crippen molar-refractivity contribution in [2.75, 3.05) is 20.8 Å². The van der Waals surface area contributed by atoms with Gasteiger partial charge in [-0.25, -0.2) is 9.78 Å². The molecule has 0 aliphatic rings. The SMILES string of the molecule is COc1cc(C)ccc1OCC(=O)OCc1csc(-c2ccccc2OC)n1. The predicted molar refractivity (Wildman–Crippen MR) is 107 cm³/mol. The summed E-state index contributed by atoms with van der Waals surface area (Å²) < 4.78 is 21.4. The lowest BCUT2D eigenvalue weighted by Gasteiger charge is -2.10. The number of hydrogen-bond donors (Lipinski definition) is 0.